The zero-order chi connectivity index (χ0) is 18.2. The molecule has 2 aromatic carbocycles. The molecule has 0 aliphatic rings. The second kappa shape index (κ2) is 8.70. The highest BCUT2D eigenvalue weighted by atomic mass is 16.5. The number of methoxy groups -OCH3 is 2. The third kappa shape index (κ3) is 4.95. The summed E-state index contributed by atoms with van der Waals surface area (Å²) in [5, 5.41) is 14.6. The van der Waals surface area contributed by atoms with Crippen molar-refractivity contribution in [3.05, 3.63) is 54.1 Å². The molecule has 0 bridgehead atoms. The number of benzene rings is 2. The zero-order valence-corrected chi connectivity index (χ0v) is 14.0. The topological polar surface area (TPSA) is 96.9 Å². The van der Waals surface area contributed by atoms with Crippen molar-refractivity contribution in [1.29, 1.82) is 0 Å². The van der Waals surface area contributed by atoms with Crippen LogP contribution in [0.25, 0.3) is 0 Å². The lowest BCUT2D eigenvalue weighted by molar-refractivity contribution is -0.118. The summed E-state index contributed by atoms with van der Waals surface area (Å²) in [4.78, 5) is 24.5. The number of nitrogens with one attached hydrogen (secondary N) is 2. The van der Waals surface area contributed by atoms with Crippen LogP contribution in [-0.2, 0) is 4.79 Å². The third-order valence-electron chi connectivity index (χ3n) is 3.47. The van der Waals surface area contributed by atoms with Gasteiger partial charge >= 0.3 is 0 Å². The Morgan fingerprint density at radius 3 is 2.32 bits per heavy atom. The smallest absolute Gasteiger partial charge is 0.252 e. The second-order valence-electron chi connectivity index (χ2n) is 5.16. The average molecular weight is 344 g/mol. The van der Waals surface area contributed by atoms with Gasteiger partial charge in [0.25, 0.3) is 5.91 Å². The lowest BCUT2D eigenvalue weighted by Crippen LogP contribution is -2.46. The first-order valence-corrected chi connectivity index (χ1v) is 7.58. The highest BCUT2D eigenvalue weighted by Gasteiger charge is 2.21. The summed E-state index contributed by atoms with van der Waals surface area (Å²) in [6.45, 7) is -0.536. The van der Waals surface area contributed by atoms with Crippen LogP contribution in [0.15, 0.2) is 48.5 Å². The number of hydrogen-bond acceptors (Lipinski definition) is 5. The Kier molecular flexibility index (Phi) is 6.36. The molecule has 0 aliphatic carbocycles. The van der Waals surface area contributed by atoms with Gasteiger partial charge < -0.3 is 25.2 Å². The Bertz CT molecular complexity index is 748. The van der Waals surface area contributed by atoms with Gasteiger partial charge in [0.1, 0.15) is 17.5 Å². The van der Waals surface area contributed by atoms with Crippen molar-refractivity contribution in [2.24, 2.45) is 0 Å². The average Bonchev–Trinajstić information content (AvgIpc) is 2.65. The molecule has 0 aliphatic heterocycles. The molecule has 7 nitrogen and oxygen atoms in total. The van der Waals surface area contributed by atoms with Gasteiger partial charge in [-0.3, -0.25) is 9.59 Å². The minimum Gasteiger partial charge on any atom is -0.497 e. The Balaban J connectivity index is 2.05. The van der Waals surface area contributed by atoms with E-state index >= 15 is 0 Å². The largest absolute Gasteiger partial charge is 0.497 e. The Morgan fingerprint density at radius 2 is 1.68 bits per heavy atom. The van der Waals surface area contributed by atoms with Gasteiger partial charge in [-0.2, -0.15) is 0 Å². The summed E-state index contributed by atoms with van der Waals surface area (Å²) in [7, 11) is 3.01. The molecule has 2 rings (SSSR count). The van der Waals surface area contributed by atoms with Crippen molar-refractivity contribution in [1.82, 2.24) is 5.32 Å². The molecule has 0 fully saturated rings. The number of rotatable bonds is 7. The van der Waals surface area contributed by atoms with Crippen molar-refractivity contribution in [2.45, 2.75) is 6.04 Å². The van der Waals surface area contributed by atoms with Gasteiger partial charge in [0, 0.05) is 17.3 Å². The van der Waals surface area contributed by atoms with Crippen LogP contribution in [0.1, 0.15) is 10.4 Å². The van der Waals surface area contributed by atoms with E-state index in [1.54, 1.807) is 48.5 Å². The van der Waals surface area contributed by atoms with E-state index in [4.69, 9.17) is 9.47 Å². The lowest BCUT2D eigenvalue weighted by Gasteiger charge is -2.16. The molecule has 7 heteroatoms. The van der Waals surface area contributed by atoms with Crippen molar-refractivity contribution in [2.75, 3.05) is 26.1 Å². The predicted octanol–water partition coefficient (Wildman–Crippen LogP) is 1.43. The zero-order valence-electron chi connectivity index (χ0n) is 14.0. The van der Waals surface area contributed by atoms with Crippen LogP contribution in [0.2, 0.25) is 0 Å². The van der Waals surface area contributed by atoms with Crippen LogP contribution in [0.3, 0.4) is 0 Å². The van der Waals surface area contributed by atoms with Gasteiger partial charge in [-0.05, 0) is 30.3 Å². The number of carbonyl (C=O) groups is 2. The summed E-state index contributed by atoms with van der Waals surface area (Å²) < 4.78 is 10.1. The first kappa shape index (κ1) is 18.3. The molecule has 2 amide bonds. The molecule has 2 aromatic rings. The van der Waals surface area contributed by atoms with E-state index in [0.717, 1.165) is 0 Å². The van der Waals surface area contributed by atoms with Crippen LogP contribution >= 0.6 is 0 Å². The lowest BCUT2D eigenvalue weighted by atomic mass is 10.1. The van der Waals surface area contributed by atoms with Crippen molar-refractivity contribution >= 4 is 17.5 Å². The molecule has 0 heterocycles. The first-order chi connectivity index (χ1) is 12.1. The van der Waals surface area contributed by atoms with Crippen LogP contribution in [0, 0.1) is 0 Å². The first-order valence-electron chi connectivity index (χ1n) is 7.58. The van der Waals surface area contributed by atoms with Gasteiger partial charge in [-0.1, -0.05) is 12.1 Å². The molecular formula is C18H20N2O5. The number of carbonyl (C=O) groups excluding carboxylic acids is 2. The van der Waals surface area contributed by atoms with Crippen LogP contribution in [-0.4, -0.2) is 43.8 Å². The molecule has 0 saturated carbocycles. The Hall–Kier alpha value is -3.06. The molecule has 0 unspecified atom stereocenters. The van der Waals surface area contributed by atoms with E-state index in [1.807, 2.05) is 0 Å². The number of hydrogen-bond donors (Lipinski definition) is 3. The van der Waals surface area contributed by atoms with E-state index in [0.29, 0.717) is 22.7 Å². The summed E-state index contributed by atoms with van der Waals surface area (Å²) in [6.07, 6.45) is 0. The minimum atomic E-state index is -1.09. The molecule has 3 N–H and O–H groups in total. The van der Waals surface area contributed by atoms with Gasteiger partial charge in [0.05, 0.1) is 20.8 Å². The van der Waals surface area contributed by atoms with Crippen molar-refractivity contribution in [3.8, 4) is 11.5 Å². The minimum absolute atomic E-state index is 0.326. The molecular weight excluding hydrogens is 324 g/mol. The summed E-state index contributed by atoms with van der Waals surface area (Å²) in [5.74, 6) is 0.0820. The van der Waals surface area contributed by atoms with E-state index in [9.17, 15) is 14.7 Å². The second-order valence-corrected chi connectivity index (χ2v) is 5.16. The molecule has 0 radical (unpaired) electrons. The van der Waals surface area contributed by atoms with Crippen LogP contribution in [0.5, 0.6) is 11.5 Å². The summed E-state index contributed by atoms with van der Waals surface area (Å²) >= 11 is 0. The van der Waals surface area contributed by atoms with Gasteiger partial charge in [0.2, 0.25) is 5.91 Å². The monoisotopic (exact) mass is 344 g/mol. The van der Waals surface area contributed by atoms with Crippen LogP contribution in [0.4, 0.5) is 5.69 Å². The van der Waals surface area contributed by atoms with Crippen molar-refractivity contribution < 1.29 is 24.2 Å². The van der Waals surface area contributed by atoms with E-state index in [1.165, 1.54) is 14.2 Å². The maximum atomic E-state index is 12.3. The van der Waals surface area contributed by atoms with E-state index < -0.39 is 24.5 Å². The molecule has 0 aromatic heterocycles. The number of amides is 2. The highest BCUT2D eigenvalue weighted by Crippen LogP contribution is 2.17. The number of aliphatic hydroxyl groups is 1. The van der Waals surface area contributed by atoms with Crippen LogP contribution < -0.4 is 20.1 Å². The fraction of sp³-hybridized carbons (Fsp3) is 0.222. The SMILES string of the molecule is COc1cccc(NC(=O)[C@H](CO)NC(=O)c2cccc(OC)c2)c1. The van der Waals surface area contributed by atoms with Gasteiger partial charge in [0.15, 0.2) is 0 Å². The van der Waals surface area contributed by atoms with Crippen molar-refractivity contribution in [3.63, 3.8) is 0 Å². The fourth-order valence-corrected chi connectivity index (χ4v) is 2.13. The highest BCUT2D eigenvalue weighted by molar-refractivity contribution is 6.01. The number of aliphatic hydroxyl groups excluding tert-OH is 1. The summed E-state index contributed by atoms with van der Waals surface area (Å²) in [6, 6.07) is 12.2. The Labute approximate surface area is 145 Å². The van der Waals surface area contributed by atoms with Gasteiger partial charge in [-0.25, -0.2) is 0 Å². The summed E-state index contributed by atoms with van der Waals surface area (Å²) in [5.41, 5.74) is 0.824. The predicted molar refractivity (Wildman–Crippen MR) is 93.0 cm³/mol. The molecule has 1 atom stereocenters. The van der Waals surface area contributed by atoms with E-state index in [-0.39, 0.29) is 0 Å². The molecule has 0 spiro atoms. The maximum Gasteiger partial charge on any atom is 0.252 e. The fourth-order valence-electron chi connectivity index (χ4n) is 2.13. The number of anilines is 1. The standard InChI is InChI=1S/C18H20N2O5/c1-24-14-7-3-5-12(9-14)17(22)20-16(11-21)18(23)19-13-6-4-8-15(10-13)25-2/h3-10,16,21H,11H2,1-2H3,(H,19,23)(H,20,22)/t16-/m0/s1. The number of ether oxygens (including phenoxy) is 2. The quantitative estimate of drug-likeness (QED) is 0.706. The van der Waals surface area contributed by atoms with Gasteiger partial charge in [-0.15, -0.1) is 0 Å². The maximum absolute atomic E-state index is 12.3. The Morgan fingerprint density at radius 1 is 1.04 bits per heavy atom. The van der Waals surface area contributed by atoms with E-state index in [2.05, 4.69) is 10.6 Å². The third-order valence-corrected chi connectivity index (χ3v) is 3.47. The molecule has 0 saturated heterocycles. The normalized spacial score (nSPS) is 11.3. The molecule has 132 valence electrons. The molecule has 25 heavy (non-hydrogen) atoms.